The topological polar surface area (TPSA) is 41.1 Å². The van der Waals surface area contributed by atoms with E-state index in [0.29, 0.717) is 5.92 Å². The van der Waals surface area contributed by atoms with Gasteiger partial charge in [-0.1, -0.05) is 29.8 Å². The number of carbonyl (C=O) groups excluding carboxylic acids is 1. The number of carbonyl (C=O) groups is 1. The first-order chi connectivity index (χ1) is 11.9. The Morgan fingerprint density at radius 1 is 1.12 bits per heavy atom. The Labute approximate surface area is 146 Å². The van der Waals surface area contributed by atoms with Crippen LogP contribution in [0.5, 0.6) is 0 Å². The Morgan fingerprint density at radius 3 is 2.44 bits per heavy atom. The van der Waals surface area contributed by atoms with Gasteiger partial charge in [0.1, 0.15) is 11.6 Å². The van der Waals surface area contributed by atoms with Crippen LogP contribution in [-0.2, 0) is 4.79 Å². The van der Waals surface area contributed by atoms with E-state index >= 15 is 0 Å². The number of nitrogens with one attached hydrogen (secondary N) is 2. The molecule has 0 unspecified atom stereocenters. The Morgan fingerprint density at radius 2 is 1.80 bits per heavy atom. The van der Waals surface area contributed by atoms with Crippen LogP contribution < -0.4 is 10.6 Å². The van der Waals surface area contributed by atoms with Gasteiger partial charge in [-0.25, -0.2) is 8.78 Å². The average Bonchev–Trinajstić information content (AvgIpc) is 3.41. The highest BCUT2D eigenvalue weighted by molar-refractivity contribution is 5.94. The van der Waals surface area contributed by atoms with Crippen molar-refractivity contribution in [2.24, 2.45) is 5.92 Å². The molecule has 0 bridgehead atoms. The molecule has 132 valence electrons. The van der Waals surface area contributed by atoms with Crippen molar-refractivity contribution in [1.82, 2.24) is 5.32 Å². The van der Waals surface area contributed by atoms with Crippen molar-refractivity contribution < 1.29 is 13.6 Å². The number of aryl methyl sites for hydroxylation is 1. The van der Waals surface area contributed by atoms with Gasteiger partial charge >= 0.3 is 0 Å². The number of benzene rings is 2. The lowest BCUT2D eigenvalue weighted by Crippen LogP contribution is -2.41. The molecule has 1 aliphatic carbocycles. The summed E-state index contributed by atoms with van der Waals surface area (Å²) in [6.45, 7) is 3.77. The van der Waals surface area contributed by atoms with E-state index in [1.54, 1.807) is 6.92 Å². The molecule has 1 fully saturated rings. The molecule has 0 aromatic heterocycles. The van der Waals surface area contributed by atoms with E-state index < -0.39 is 17.7 Å². The van der Waals surface area contributed by atoms with Crippen LogP contribution in [0.25, 0.3) is 0 Å². The third-order valence-electron chi connectivity index (χ3n) is 4.54. The molecular formula is C20H22F2N2O. The lowest BCUT2D eigenvalue weighted by molar-refractivity contribution is -0.118. The minimum atomic E-state index is -0.653. The predicted molar refractivity (Wildman–Crippen MR) is 94.2 cm³/mol. The SMILES string of the molecule is Cc1ccc([C@H](N[C@H](C)C(=O)Nc2cc(F)ccc2F)C2CC2)cc1. The number of rotatable bonds is 6. The van der Waals surface area contributed by atoms with Crippen molar-refractivity contribution in [3.05, 3.63) is 65.2 Å². The molecular weight excluding hydrogens is 322 g/mol. The van der Waals surface area contributed by atoms with Gasteiger partial charge in [0, 0.05) is 12.1 Å². The number of hydrogen-bond donors (Lipinski definition) is 2. The van der Waals surface area contributed by atoms with Crippen LogP contribution in [0.3, 0.4) is 0 Å². The van der Waals surface area contributed by atoms with E-state index in [1.165, 1.54) is 5.56 Å². The normalized spacial score (nSPS) is 16.3. The van der Waals surface area contributed by atoms with Gasteiger partial charge in [0.15, 0.2) is 0 Å². The molecule has 0 aliphatic heterocycles. The van der Waals surface area contributed by atoms with Gasteiger partial charge in [-0.05, 0) is 50.3 Å². The highest BCUT2D eigenvalue weighted by Gasteiger charge is 2.34. The number of hydrogen-bond acceptors (Lipinski definition) is 2. The summed E-state index contributed by atoms with van der Waals surface area (Å²) in [7, 11) is 0. The van der Waals surface area contributed by atoms with E-state index in [-0.39, 0.29) is 17.6 Å². The first-order valence-electron chi connectivity index (χ1n) is 8.52. The molecule has 5 heteroatoms. The molecule has 2 aromatic rings. The van der Waals surface area contributed by atoms with Crippen molar-refractivity contribution in [1.29, 1.82) is 0 Å². The standard InChI is InChI=1S/C20H22F2N2O/c1-12-3-5-14(6-4-12)19(15-7-8-15)23-13(2)20(25)24-18-11-16(21)9-10-17(18)22/h3-6,9-11,13,15,19,23H,7-8H2,1-2H3,(H,24,25)/t13-,19+/m1/s1. The molecule has 2 N–H and O–H groups in total. The fraction of sp³-hybridized carbons (Fsp3) is 0.350. The van der Waals surface area contributed by atoms with Crippen molar-refractivity contribution >= 4 is 11.6 Å². The minimum absolute atomic E-state index is 0.0821. The van der Waals surface area contributed by atoms with Gasteiger partial charge < -0.3 is 5.32 Å². The van der Waals surface area contributed by atoms with Gasteiger partial charge in [-0.3, -0.25) is 10.1 Å². The van der Waals surface area contributed by atoms with E-state index in [1.807, 2.05) is 6.92 Å². The van der Waals surface area contributed by atoms with Crippen LogP contribution >= 0.6 is 0 Å². The molecule has 2 atom stereocenters. The second kappa shape index (κ2) is 7.31. The predicted octanol–water partition coefficient (Wildman–Crippen LogP) is 4.34. The Bertz CT molecular complexity index is 757. The quantitative estimate of drug-likeness (QED) is 0.818. The summed E-state index contributed by atoms with van der Waals surface area (Å²) in [5.41, 5.74) is 2.19. The highest BCUT2D eigenvalue weighted by Crippen LogP contribution is 2.41. The third-order valence-corrected chi connectivity index (χ3v) is 4.54. The summed E-state index contributed by atoms with van der Waals surface area (Å²) in [4.78, 5) is 12.4. The van der Waals surface area contributed by atoms with E-state index in [2.05, 4.69) is 34.9 Å². The van der Waals surface area contributed by atoms with Crippen LogP contribution in [0.4, 0.5) is 14.5 Å². The van der Waals surface area contributed by atoms with Crippen LogP contribution in [0, 0.1) is 24.5 Å². The third kappa shape index (κ3) is 4.42. The smallest absolute Gasteiger partial charge is 0.241 e. The molecule has 0 radical (unpaired) electrons. The highest BCUT2D eigenvalue weighted by atomic mass is 19.1. The van der Waals surface area contributed by atoms with E-state index in [4.69, 9.17) is 0 Å². The molecule has 1 aliphatic rings. The molecule has 3 nitrogen and oxygen atoms in total. The van der Waals surface area contributed by atoms with Gasteiger partial charge in [0.2, 0.25) is 5.91 Å². The monoisotopic (exact) mass is 344 g/mol. The number of halogens is 2. The summed E-state index contributed by atoms with van der Waals surface area (Å²) in [6, 6.07) is 10.8. The van der Waals surface area contributed by atoms with Gasteiger partial charge in [-0.2, -0.15) is 0 Å². The summed E-state index contributed by atoms with van der Waals surface area (Å²) in [6.07, 6.45) is 2.25. The maximum absolute atomic E-state index is 13.7. The summed E-state index contributed by atoms with van der Waals surface area (Å²) < 4.78 is 26.9. The van der Waals surface area contributed by atoms with Gasteiger partial charge in [0.05, 0.1) is 11.7 Å². The Kier molecular flexibility index (Phi) is 5.13. The van der Waals surface area contributed by atoms with Gasteiger partial charge in [0.25, 0.3) is 0 Å². The first kappa shape index (κ1) is 17.5. The molecule has 3 rings (SSSR count). The summed E-state index contributed by atoms with van der Waals surface area (Å²) >= 11 is 0. The summed E-state index contributed by atoms with van der Waals surface area (Å²) in [5, 5.41) is 5.80. The van der Waals surface area contributed by atoms with Crippen LogP contribution in [-0.4, -0.2) is 11.9 Å². The lowest BCUT2D eigenvalue weighted by atomic mass is 10.00. The molecule has 1 saturated carbocycles. The van der Waals surface area contributed by atoms with Crippen LogP contribution in [0.2, 0.25) is 0 Å². The molecule has 0 saturated heterocycles. The second-order valence-electron chi connectivity index (χ2n) is 6.73. The fourth-order valence-electron chi connectivity index (χ4n) is 2.89. The van der Waals surface area contributed by atoms with Crippen molar-refractivity contribution in [3.63, 3.8) is 0 Å². The minimum Gasteiger partial charge on any atom is -0.322 e. The van der Waals surface area contributed by atoms with E-state index in [9.17, 15) is 13.6 Å². The largest absolute Gasteiger partial charge is 0.322 e. The van der Waals surface area contributed by atoms with Crippen molar-refractivity contribution in [3.8, 4) is 0 Å². The molecule has 0 heterocycles. The molecule has 25 heavy (non-hydrogen) atoms. The second-order valence-corrected chi connectivity index (χ2v) is 6.73. The van der Waals surface area contributed by atoms with Crippen LogP contribution in [0.1, 0.15) is 36.9 Å². The Balaban J connectivity index is 1.68. The van der Waals surface area contributed by atoms with Gasteiger partial charge in [-0.15, -0.1) is 0 Å². The average molecular weight is 344 g/mol. The first-order valence-corrected chi connectivity index (χ1v) is 8.52. The van der Waals surface area contributed by atoms with Crippen molar-refractivity contribution in [2.45, 2.75) is 38.8 Å². The zero-order chi connectivity index (χ0) is 18.0. The maximum atomic E-state index is 13.7. The van der Waals surface area contributed by atoms with Crippen molar-refractivity contribution in [2.75, 3.05) is 5.32 Å². The summed E-state index contributed by atoms with van der Waals surface area (Å²) in [5.74, 6) is -1.13. The number of anilines is 1. The zero-order valence-corrected chi connectivity index (χ0v) is 14.4. The fourth-order valence-corrected chi connectivity index (χ4v) is 2.89. The van der Waals surface area contributed by atoms with Crippen LogP contribution in [0.15, 0.2) is 42.5 Å². The molecule has 0 spiro atoms. The molecule has 1 amide bonds. The maximum Gasteiger partial charge on any atom is 0.241 e. The lowest BCUT2D eigenvalue weighted by Gasteiger charge is -2.23. The van der Waals surface area contributed by atoms with E-state index in [0.717, 1.165) is 36.6 Å². The Hall–Kier alpha value is -2.27. The number of amides is 1. The zero-order valence-electron chi connectivity index (χ0n) is 14.4. The molecule has 2 aromatic carbocycles.